The third-order valence-electron chi connectivity index (χ3n) is 7.65. The number of nitrogens with zero attached hydrogens (tertiary/aromatic N) is 2. The molecule has 0 aliphatic heterocycles. The Balaban J connectivity index is 1.74. The van der Waals surface area contributed by atoms with Crippen molar-refractivity contribution in [3.05, 3.63) is 78.4 Å². The van der Waals surface area contributed by atoms with E-state index in [0.29, 0.717) is 11.5 Å². The maximum Gasteiger partial charge on any atom is 0.264 e. The molecule has 1 aliphatic carbocycles. The zero-order valence-electron chi connectivity index (χ0n) is 25.0. The highest BCUT2D eigenvalue weighted by Gasteiger charge is 2.34. The van der Waals surface area contributed by atoms with Crippen molar-refractivity contribution in [1.82, 2.24) is 10.2 Å². The van der Waals surface area contributed by atoms with Crippen LogP contribution in [0.1, 0.15) is 38.2 Å². The van der Waals surface area contributed by atoms with E-state index in [0.717, 1.165) is 35.6 Å². The Morgan fingerprint density at radius 1 is 0.884 bits per heavy atom. The van der Waals surface area contributed by atoms with Crippen LogP contribution in [0.25, 0.3) is 0 Å². The fourth-order valence-corrected chi connectivity index (χ4v) is 6.56. The molecule has 4 rings (SSSR count). The van der Waals surface area contributed by atoms with Crippen molar-refractivity contribution in [3.63, 3.8) is 0 Å². The Bertz CT molecular complexity index is 1490. The molecule has 230 valence electrons. The molecule has 10 nitrogen and oxygen atoms in total. The normalized spacial score (nSPS) is 14.0. The third kappa shape index (κ3) is 7.59. The highest BCUT2D eigenvalue weighted by atomic mass is 32.2. The van der Waals surface area contributed by atoms with Gasteiger partial charge in [-0.3, -0.25) is 13.9 Å². The van der Waals surface area contributed by atoms with Gasteiger partial charge >= 0.3 is 0 Å². The van der Waals surface area contributed by atoms with Gasteiger partial charge in [-0.1, -0.05) is 43.2 Å². The number of amides is 2. The molecular formula is C32H39N3O7S. The van der Waals surface area contributed by atoms with Crippen LogP contribution in [-0.2, 0) is 26.2 Å². The average molecular weight is 610 g/mol. The molecule has 0 unspecified atom stereocenters. The van der Waals surface area contributed by atoms with Gasteiger partial charge in [0.25, 0.3) is 10.0 Å². The molecule has 0 saturated heterocycles. The molecule has 0 aromatic heterocycles. The fourth-order valence-electron chi connectivity index (χ4n) is 5.13. The van der Waals surface area contributed by atoms with E-state index in [1.54, 1.807) is 56.5 Å². The van der Waals surface area contributed by atoms with Crippen LogP contribution in [-0.4, -0.2) is 65.1 Å². The molecule has 1 atom stereocenters. The second kappa shape index (κ2) is 14.3. The first kappa shape index (κ1) is 31.7. The van der Waals surface area contributed by atoms with Crippen LogP contribution in [0.4, 0.5) is 5.69 Å². The van der Waals surface area contributed by atoms with Crippen molar-refractivity contribution in [2.75, 3.05) is 32.2 Å². The second-order valence-electron chi connectivity index (χ2n) is 10.4. The summed E-state index contributed by atoms with van der Waals surface area (Å²) in [6.45, 7) is 1.16. The van der Waals surface area contributed by atoms with Crippen LogP contribution >= 0.6 is 0 Å². The minimum Gasteiger partial charge on any atom is -0.497 e. The Morgan fingerprint density at radius 2 is 1.51 bits per heavy atom. The molecule has 0 heterocycles. The summed E-state index contributed by atoms with van der Waals surface area (Å²) < 4.78 is 45.3. The number of anilines is 1. The van der Waals surface area contributed by atoms with Crippen molar-refractivity contribution in [3.8, 4) is 17.2 Å². The summed E-state index contributed by atoms with van der Waals surface area (Å²) in [7, 11) is 0.200. The van der Waals surface area contributed by atoms with Gasteiger partial charge < -0.3 is 24.4 Å². The molecule has 0 spiro atoms. The van der Waals surface area contributed by atoms with Crippen LogP contribution in [0.5, 0.6) is 17.2 Å². The average Bonchev–Trinajstić information content (AvgIpc) is 3.55. The molecule has 1 aliphatic rings. The number of sulfonamides is 1. The van der Waals surface area contributed by atoms with Crippen LogP contribution in [0, 0.1) is 0 Å². The largest absolute Gasteiger partial charge is 0.497 e. The summed E-state index contributed by atoms with van der Waals surface area (Å²) in [5.41, 5.74) is 0.887. The lowest BCUT2D eigenvalue weighted by Gasteiger charge is -2.33. The van der Waals surface area contributed by atoms with Gasteiger partial charge in [-0.2, -0.15) is 0 Å². The first-order valence-electron chi connectivity index (χ1n) is 14.2. The number of carbonyl (C=O) groups is 2. The Hall–Kier alpha value is -4.25. The predicted molar refractivity (Wildman–Crippen MR) is 164 cm³/mol. The monoisotopic (exact) mass is 609 g/mol. The SMILES string of the molecule is COc1ccc(CN(C(=O)CN(c2cc(OC)ccc2OC)S(=O)(=O)c2ccccc2)[C@@H](C)C(=O)NC2CCCC2)cc1. The van der Waals surface area contributed by atoms with Gasteiger partial charge in [-0.05, 0) is 61.7 Å². The molecule has 2 amide bonds. The second-order valence-corrected chi connectivity index (χ2v) is 12.3. The number of nitrogens with one attached hydrogen (secondary N) is 1. The zero-order chi connectivity index (χ0) is 31.0. The summed E-state index contributed by atoms with van der Waals surface area (Å²) in [5, 5.41) is 3.07. The summed E-state index contributed by atoms with van der Waals surface area (Å²) in [6.07, 6.45) is 3.87. The summed E-state index contributed by atoms with van der Waals surface area (Å²) in [4.78, 5) is 29.0. The summed E-state index contributed by atoms with van der Waals surface area (Å²) in [5.74, 6) is 0.427. The highest BCUT2D eigenvalue weighted by molar-refractivity contribution is 7.92. The van der Waals surface area contributed by atoms with E-state index in [9.17, 15) is 18.0 Å². The molecule has 3 aromatic carbocycles. The van der Waals surface area contributed by atoms with Crippen molar-refractivity contribution >= 4 is 27.5 Å². The summed E-state index contributed by atoms with van der Waals surface area (Å²) in [6, 6.07) is 19.0. The lowest BCUT2D eigenvalue weighted by molar-refractivity contribution is -0.139. The van der Waals surface area contributed by atoms with E-state index in [2.05, 4.69) is 5.32 Å². The zero-order valence-corrected chi connectivity index (χ0v) is 25.8. The topological polar surface area (TPSA) is 114 Å². The number of rotatable bonds is 13. The van der Waals surface area contributed by atoms with E-state index in [1.165, 1.54) is 37.3 Å². The van der Waals surface area contributed by atoms with Crippen LogP contribution in [0.15, 0.2) is 77.7 Å². The standard InChI is InChI=1S/C32H39N3O7S/c1-23(32(37)33-25-10-8-9-11-25)34(21-24-14-16-26(40-2)17-15-24)31(36)22-35(43(38,39)28-12-6-5-7-13-28)29-20-27(41-3)18-19-30(29)42-4/h5-7,12-20,23,25H,8-11,21-22H2,1-4H3,(H,33,37)/t23-/m0/s1. The number of carbonyl (C=O) groups excluding carboxylic acids is 2. The van der Waals surface area contributed by atoms with E-state index < -0.39 is 28.5 Å². The number of hydrogen-bond acceptors (Lipinski definition) is 7. The predicted octanol–water partition coefficient (Wildman–Crippen LogP) is 4.38. The van der Waals surface area contributed by atoms with Crippen LogP contribution in [0.2, 0.25) is 0 Å². The Morgan fingerprint density at radius 3 is 2.12 bits per heavy atom. The number of methoxy groups -OCH3 is 3. The van der Waals surface area contributed by atoms with Gasteiger partial charge in [0, 0.05) is 18.7 Å². The first-order chi connectivity index (χ1) is 20.7. The summed E-state index contributed by atoms with van der Waals surface area (Å²) >= 11 is 0. The van der Waals surface area contributed by atoms with E-state index in [4.69, 9.17) is 14.2 Å². The molecular weight excluding hydrogens is 570 g/mol. The van der Waals surface area contributed by atoms with Crippen molar-refractivity contribution < 1.29 is 32.2 Å². The maximum atomic E-state index is 14.2. The molecule has 1 fully saturated rings. The van der Waals surface area contributed by atoms with Crippen LogP contribution in [0.3, 0.4) is 0 Å². The van der Waals surface area contributed by atoms with Gasteiger partial charge in [0.1, 0.15) is 29.8 Å². The van der Waals surface area contributed by atoms with Gasteiger partial charge in [0.05, 0.1) is 31.9 Å². The molecule has 1 N–H and O–H groups in total. The Labute approximate surface area is 253 Å². The molecule has 0 radical (unpaired) electrons. The number of benzene rings is 3. The van der Waals surface area contributed by atoms with Gasteiger partial charge in [-0.15, -0.1) is 0 Å². The smallest absolute Gasteiger partial charge is 0.264 e. The molecule has 1 saturated carbocycles. The van der Waals surface area contributed by atoms with Crippen LogP contribution < -0.4 is 23.8 Å². The van der Waals surface area contributed by atoms with E-state index in [-0.39, 0.29) is 34.8 Å². The van der Waals surface area contributed by atoms with Gasteiger partial charge in [-0.25, -0.2) is 8.42 Å². The maximum absolute atomic E-state index is 14.2. The van der Waals surface area contributed by atoms with Crippen molar-refractivity contribution in [2.45, 2.75) is 56.1 Å². The van der Waals surface area contributed by atoms with Gasteiger partial charge in [0.2, 0.25) is 11.8 Å². The van der Waals surface area contributed by atoms with Crippen molar-refractivity contribution in [2.24, 2.45) is 0 Å². The minimum atomic E-state index is -4.25. The number of ether oxygens (including phenoxy) is 3. The van der Waals surface area contributed by atoms with E-state index >= 15 is 0 Å². The minimum absolute atomic E-state index is 0.00130. The first-order valence-corrected chi connectivity index (χ1v) is 15.6. The quantitative estimate of drug-likeness (QED) is 0.306. The third-order valence-corrected chi connectivity index (χ3v) is 9.42. The molecule has 11 heteroatoms. The Kier molecular flexibility index (Phi) is 10.5. The molecule has 43 heavy (non-hydrogen) atoms. The number of hydrogen-bond donors (Lipinski definition) is 1. The molecule has 3 aromatic rings. The fraction of sp³-hybridized carbons (Fsp3) is 0.375. The van der Waals surface area contributed by atoms with E-state index in [1.807, 2.05) is 12.1 Å². The van der Waals surface area contributed by atoms with Crippen molar-refractivity contribution in [1.29, 1.82) is 0 Å². The molecule has 0 bridgehead atoms. The lowest BCUT2D eigenvalue weighted by Crippen LogP contribution is -2.52. The lowest BCUT2D eigenvalue weighted by atomic mass is 10.1. The van der Waals surface area contributed by atoms with Gasteiger partial charge in [0.15, 0.2) is 0 Å². The highest BCUT2D eigenvalue weighted by Crippen LogP contribution is 2.36.